The van der Waals surface area contributed by atoms with Crippen LogP contribution in [0.1, 0.15) is 33.0 Å². The predicted octanol–water partition coefficient (Wildman–Crippen LogP) is 6.50. The number of hydrogen-bond acceptors (Lipinski definition) is 6. The highest BCUT2D eigenvalue weighted by atomic mass is 35.5. The second-order valence-corrected chi connectivity index (χ2v) is 8.85. The topological polar surface area (TPSA) is 94.6 Å². The van der Waals surface area contributed by atoms with Crippen molar-refractivity contribution in [1.29, 1.82) is 5.26 Å². The highest BCUT2D eigenvalue weighted by Crippen LogP contribution is 2.44. The number of hydrogen-bond donors (Lipinski definition) is 1. The van der Waals surface area contributed by atoms with Gasteiger partial charge in [-0.2, -0.15) is 5.26 Å². The highest BCUT2D eigenvalue weighted by molar-refractivity contribution is 6.33. The maximum Gasteiger partial charge on any atom is 0.345 e. The molecule has 0 radical (unpaired) electrons. The summed E-state index contributed by atoms with van der Waals surface area (Å²) in [6, 6.07) is 27.1. The number of rotatable bonds is 6. The number of halogens is 2. The first-order valence-electron chi connectivity index (χ1n) is 11.6. The summed E-state index contributed by atoms with van der Waals surface area (Å²) < 4.78 is 31.1. The molecule has 0 aromatic heterocycles. The van der Waals surface area contributed by atoms with Crippen LogP contribution in [-0.2, 0) is 6.61 Å². The molecule has 2 N–H and O–H groups in total. The number of nitrogens with zero attached hydrogens (tertiary/aromatic N) is 1. The van der Waals surface area contributed by atoms with Crippen LogP contribution < -0.4 is 19.9 Å². The Morgan fingerprint density at radius 3 is 2.58 bits per heavy atom. The minimum Gasteiger partial charge on any atom is -0.489 e. The van der Waals surface area contributed by atoms with Crippen LogP contribution in [0.25, 0.3) is 0 Å². The average Bonchev–Trinajstić information content (AvgIpc) is 2.92. The minimum atomic E-state index is -0.621. The van der Waals surface area contributed by atoms with E-state index in [2.05, 4.69) is 6.07 Å². The van der Waals surface area contributed by atoms with Gasteiger partial charge in [0.2, 0.25) is 5.88 Å². The van der Waals surface area contributed by atoms with E-state index in [-0.39, 0.29) is 40.2 Å². The number of nitriles is 1. The number of fused-ring (bicyclic) bond motifs is 1. The third-order valence-corrected chi connectivity index (χ3v) is 6.37. The summed E-state index contributed by atoms with van der Waals surface area (Å²) in [5, 5.41) is 10.1. The number of esters is 1. The van der Waals surface area contributed by atoms with Crippen LogP contribution in [0.3, 0.4) is 0 Å². The van der Waals surface area contributed by atoms with E-state index >= 15 is 0 Å². The van der Waals surface area contributed by atoms with Crippen molar-refractivity contribution >= 4 is 17.6 Å². The van der Waals surface area contributed by atoms with Gasteiger partial charge in [0.05, 0.1) is 16.5 Å². The zero-order valence-corrected chi connectivity index (χ0v) is 20.6. The van der Waals surface area contributed by atoms with E-state index in [1.54, 1.807) is 72.8 Å². The molecule has 4 aromatic carbocycles. The van der Waals surface area contributed by atoms with Gasteiger partial charge < -0.3 is 19.9 Å². The van der Waals surface area contributed by atoms with E-state index in [0.717, 1.165) is 5.56 Å². The van der Waals surface area contributed by atoms with Crippen molar-refractivity contribution < 1.29 is 23.4 Å². The molecule has 38 heavy (non-hydrogen) atoms. The van der Waals surface area contributed by atoms with E-state index in [9.17, 15) is 14.4 Å². The van der Waals surface area contributed by atoms with Crippen LogP contribution >= 0.6 is 11.6 Å². The van der Waals surface area contributed by atoms with Crippen LogP contribution in [0.4, 0.5) is 4.39 Å². The third kappa shape index (κ3) is 5.03. The largest absolute Gasteiger partial charge is 0.489 e. The maximum atomic E-state index is 14.0. The highest BCUT2D eigenvalue weighted by Gasteiger charge is 2.31. The van der Waals surface area contributed by atoms with Crippen LogP contribution in [0, 0.1) is 17.1 Å². The van der Waals surface area contributed by atoms with Gasteiger partial charge in [-0.05, 0) is 42.0 Å². The molecule has 0 saturated carbocycles. The summed E-state index contributed by atoms with van der Waals surface area (Å²) in [5.74, 6) is -0.526. The van der Waals surface area contributed by atoms with Gasteiger partial charge >= 0.3 is 5.97 Å². The van der Waals surface area contributed by atoms with Gasteiger partial charge in [-0.1, -0.05) is 60.1 Å². The Labute approximate surface area is 223 Å². The number of nitrogens with two attached hydrogens (primary N) is 1. The Hall–Kier alpha value is -4.80. The lowest BCUT2D eigenvalue weighted by Crippen LogP contribution is -2.21. The van der Waals surface area contributed by atoms with Gasteiger partial charge in [0, 0.05) is 17.2 Å². The lowest BCUT2D eigenvalue weighted by Gasteiger charge is -2.27. The molecule has 0 spiro atoms. The first-order valence-corrected chi connectivity index (χ1v) is 12.0. The van der Waals surface area contributed by atoms with E-state index in [1.807, 2.05) is 6.07 Å². The Morgan fingerprint density at radius 2 is 1.79 bits per heavy atom. The molecule has 1 aliphatic rings. The SMILES string of the molecule is N#CC1=C(N)Oc2cc(OC(=O)c3ccccc3Cl)ccc2C1c1cccc(OCc2ccccc2F)c1. The normalized spacial score (nSPS) is 14.2. The zero-order valence-electron chi connectivity index (χ0n) is 19.9. The van der Waals surface area contributed by atoms with Gasteiger partial charge in [0.15, 0.2) is 0 Å². The summed E-state index contributed by atoms with van der Waals surface area (Å²) in [6.07, 6.45) is 0. The van der Waals surface area contributed by atoms with Crippen molar-refractivity contribution in [2.24, 2.45) is 5.73 Å². The van der Waals surface area contributed by atoms with Crippen LogP contribution in [0.15, 0.2) is 102 Å². The molecule has 1 atom stereocenters. The molecule has 188 valence electrons. The van der Waals surface area contributed by atoms with Crippen LogP contribution in [0.5, 0.6) is 17.2 Å². The third-order valence-electron chi connectivity index (χ3n) is 6.04. The molecule has 0 saturated heterocycles. The molecule has 0 fully saturated rings. The number of benzene rings is 4. The Balaban J connectivity index is 1.43. The molecular weight excluding hydrogens is 507 g/mol. The standard InChI is InChI=1S/C30H20ClFN2O4/c31-25-10-3-2-9-22(25)30(35)37-21-12-13-23-27(15-21)38-29(34)24(16-33)28(23)18-7-5-8-20(14-18)36-17-19-6-1-4-11-26(19)32/h1-15,28H,17,34H2. The predicted molar refractivity (Wildman–Crippen MR) is 139 cm³/mol. The monoisotopic (exact) mass is 526 g/mol. The van der Waals surface area contributed by atoms with Crippen molar-refractivity contribution in [3.8, 4) is 23.3 Å². The van der Waals surface area contributed by atoms with Crippen molar-refractivity contribution in [3.63, 3.8) is 0 Å². The van der Waals surface area contributed by atoms with Crippen molar-refractivity contribution in [2.75, 3.05) is 0 Å². The maximum absolute atomic E-state index is 14.0. The smallest absolute Gasteiger partial charge is 0.345 e. The average molecular weight is 527 g/mol. The Kier molecular flexibility index (Phi) is 6.98. The molecular formula is C30H20ClFN2O4. The molecule has 0 amide bonds. The second-order valence-electron chi connectivity index (χ2n) is 8.45. The van der Waals surface area contributed by atoms with Crippen molar-refractivity contribution in [3.05, 3.63) is 136 Å². The number of ether oxygens (including phenoxy) is 3. The van der Waals surface area contributed by atoms with Gasteiger partial charge in [0.1, 0.15) is 41.3 Å². The summed E-state index contributed by atoms with van der Waals surface area (Å²) >= 11 is 6.11. The number of allylic oxidation sites excluding steroid dienone is 1. The van der Waals surface area contributed by atoms with Gasteiger partial charge in [-0.25, -0.2) is 9.18 Å². The Morgan fingerprint density at radius 1 is 1.00 bits per heavy atom. The molecule has 1 aliphatic heterocycles. The summed E-state index contributed by atoms with van der Waals surface area (Å²) in [4.78, 5) is 12.6. The van der Waals surface area contributed by atoms with Crippen LogP contribution in [0.2, 0.25) is 5.02 Å². The molecule has 8 heteroatoms. The molecule has 5 rings (SSSR count). The first kappa shape index (κ1) is 24.9. The molecule has 1 heterocycles. The van der Waals surface area contributed by atoms with E-state index in [1.165, 1.54) is 12.1 Å². The molecule has 4 aromatic rings. The van der Waals surface area contributed by atoms with E-state index in [0.29, 0.717) is 22.6 Å². The molecule has 0 bridgehead atoms. The number of carbonyl (C=O) groups is 1. The quantitative estimate of drug-likeness (QED) is 0.228. The molecule has 1 unspecified atom stereocenters. The van der Waals surface area contributed by atoms with E-state index in [4.69, 9.17) is 31.5 Å². The lowest BCUT2D eigenvalue weighted by molar-refractivity contribution is 0.0734. The molecule has 6 nitrogen and oxygen atoms in total. The fourth-order valence-electron chi connectivity index (χ4n) is 4.19. The zero-order chi connectivity index (χ0) is 26.6. The Bertz CT molecular complexity index is 1610. The summed E-state index contributed by atoms with van der Waals surface area (Å²) in [5.41, 5.74) is 8.37. The fraction of sp³-hybridized carbons (Fsp3) is 0.0667. The van der Waals surface area contributed by atoms with Crippen molar-refractivity contribution in [1.82, 2.24) is 0 Å². The first-order chi connectivity index (χ1) is 18.4. The lowest BCUT2D eigenvalue weighted by atomic mass is 9.83. The van der Waals surface area contributed by atoms with Crippen molar-refractivity contribution in [2.45, 2.75) is 12.5 Å². The molecule has 0 aliphatic carbocycles. The fourth-order valence-corrected chi connectivity index (χ4v) is 4.40. The minimum absolute atomic E-state index is 0.0454. The second kappa shape index (κ2) is 10.7. The number of carbonyl (C=O) groups excluding carboxylic acids is 1. The van der Waals surface area contributed by atoms with Crippen LogP contribution in [-0.4, -0.2) is 5.97 Å². The van der Waals surface area contributed by atoms with E-state index < -0.39 is 11.9 Å². The van der Waals surface area contributed by atoms with Gasteiger partial charge in [-0.15, -0.1) is 0 Å². The summed E-state index contributed by atoms with van der Waals surface area (Å²) in [7, 11) is 0. The van der Waals surface area contributed by atoms with Gasteiger partial charge in [0.25, 0.3) is 0 Å². The summed E-state index contributed by atoms with van der Waals surface area (Å²) in [6.45, 7) is 0.0454. The van der Waals surface area contributed by atoms with Gasteiger partial charge in [-0.3, -0.25) is 0 Å².